The molecule has 1 aliphatic heterocycles. The van der Waals surface area contributed by atoms with Crippen LogP contribution in [0.25, 0.3) is 0 Å². The second-order valence-electron chi connectivity index (χ2n) is 6.95. The highest BCUT2D eigenvalue weighted by atomic mass is 19.1. The van der Waals surface area contributed by atoms with Gasteiger partial charge < -0.3 is 15.3 Å². The van der Waals surface area contributed by atoms with E-state index in [0.717, 1.165) is 25.9 Å². The van der Waals surface area contributed by atoms with Gasteiger partial charge >= 0.3 is 5.97 Å². The van der Waals surface area contributed by atoms with Crippen molar-refractivity contribution in [2.24, 2.45) is 4.99 Å². The first-order valence-electron chi connectivity index (χ1n) is 9.20. The van der Waals surface area contributed by atoms with Crippen molar-refractivity contribution < 1.29 is 18.7 Å². The summed E-state index contributed by atoms with van der Waals surface area (Å²) in [6.45, 7) is 1.36. The summed E-state index contributed by atoms with van der Waals surface area (Å²) < 4.78 is 28.5. The van der Waals surface area contributed by atoms with Gasteiger partial charge in [-0.2, -0.15) is 0 Å². The molecule has 2 aromatic rings. The zero-order chi connectivity index (χ0) is 20.1. The Kier molecular flexibility index (Phi) is 6.36. The molecular formula is C21H23F2N3O2. The topological polar surface area (TPSA) is 64.9 Å². The number of halogens is 2. The van der Waals surface area contributed by atoms with Crippen LogP contribution in [0.4, 0.5) is 14.5 Å². The molecule has 5 nitrogen and oxygen atoms in total. The van der Waals surface area contributed by atoms with Crippen molar-refractivity contribution in [3.63, 3.8) is 0 Å². The molecular weight excluding hydrogens is 364 g/mol. The van der Waals surface area contributed by atoms with Gasteiger partial charge in [0.15, 0.2) is 0 Å². The van der Waals surface area contributed by atoms with Gasteiger partial charge in [-0.05, 0) is 63.3 Å². The van der Waals surface area contributed by atoms with E-state index in [1.165, 1.54) is 30.3 Å². The Labute approximate surface area is 162 Å². The monoisotopic (exact) mass is 387 g/mol. The summed E-state index contributed by atoms with van der Waals surface area (Å²) in [4.78, 5) is 17.4. The number of aliphatic carboxylic acids is 1. The van der Waals surface area contributed by atoms with E-state index in [9.17, 15) is 13.6 Å². The number of likely N-dealkylation sites (tertiary alicyclic amines) is 1. The highest BCUT2D eigenvalue weighted by Crippen LogP contribution is 2.25. The van der Waals surface area contributed by atoms with Gasteiger partial charge in [-0.1, -0.05) is 12.1 Å². The Morgan fingerprint density at radius 3 is 2.57 bits per heavy atom. The highest BCUT2D eigenvalue weighted by Gasteiger charge is 2.21. The number of carboxylic acid groups (broad SMARTS) is 1. The minimum Gasteiger partial charge on any atom is -0.480 e. The molecule has 2 N–H and O–H groups in total. The van der Waals surface area contributed by atoms with Crippen LogP contribution in [0.2, 0.25) is 0 Å². The van der Waals surface area contributed by atoms with Crippen LogP contribution in [-0.4, -0.2) is 54.4 Å². The van der Waals surface area contributed by atoms with Gasteiger partial charge in [0.05, 0.1) is 5.71 Å². The maximum Gasteiger partial charge on any atom is 0.325 e. The first-order chi connectivity index (χ1) is 13.4. The standard InChI is InChI=1S/C21H23F2N3O2/c1-26-10-8-15(9-11-26)25-19-7-6-14(22)12-17(19)21(24-13-20(27)28)16-4-2-3-5-18(16)23/h2-7,12,15,25H,8-11,13H2,1H3,(H,27,28)/b24-21+. The summed E-state index contributed by atoms with van der Waals surface area (Å²) in [6, 6.07) is 10.4. The third-order valence-corrected chi connectivity index (χ3v) is 4.82. The number of carbonyl (C=O) groups is 1. The maximum absolute atomic E-state index is 14.4. The van der Waals surface area contributed by atoms with Gasteiger partial charge in [-0.15, -0.1) is 0 Å². The largest absolute Gasteiger partial charge is 0.480 e. The van der Waals surface area contributed by atoms with Crippen molar-refractivity contribution in [3.8, 4) is 0 Å². The van der Waals surface area contributed by atoms with Crippen molar-refractivity contribution >= 4 is 17.4 Å². The van der Waals surface area contributed by atoms with E-state index in [0.29, 0.717) is 11.3 Å². The third kappa shape index (κ3) is 4.92. The average Bonchev–Trinajstić information content (AvgIpc) is 2.66. The fraction of sp³-hybridized carbons (Fsp3) is 0.333. The average molecular weight is 387 g/mol. The zero-order valence-electron chi connectivity index (χ0n) is 15.7. The fourth-order valence-electron chi connectivity index (χ4n) is 3.33. The summed E-state index contributed by atoms with van der Waals surface area (Å²) in [6.07, 6.45) is 1.85. The number of aliphatic imine (C=N–C) groups is 1. The van der Waals surface area contributed by atoms with Crippen LogP contribution in [0.15, 0.2) is 47.5 Å². The van der Waals surface area contributed by atoms with Crippen molar-refractivity contribution in [2.45, 2.75) is 18.9 Å². The van der Waals surface area contributed by atoms with Crippen molar-refractivity contribution in [1.82, 2.24) is 4.90 Å². The smallest absolute Gasteiger partial charge is 0.325 e. The molecule has 1 saturated heterocycles. The van der Waals surface area contributed by atoms with Crippen molar-refractivity contribution in [3.05, 3.63) is 65.2 Å². The van der Waals surface area contributed by atoms with Crippen molar-refractivity contribution in [1.29, 1.82) is 0 Å². The predicted octanol–water partition coefficient (Wildman–Crippen LogP) is 3.39. The summed E-state index contributed by atoms with van der Waals surface area (Å²) in [5.74, 6) is -2.18. The quantitative estimate of drug-likeness (QED) is 0.746. The maximum atomic E-state index is 14.4. The summed E-state index contributed by atoms with van der Waals surface area (Å²) >= 11 is 0. The SMILES string of the molecule is CN1CCC(Nc2ccc(F)cc2/C(=N/CC(=O)O)c2ccccc2F)CC1. The number of carboxylic acids is 1. The number of nitrogens with one attached hydrogen (secondary N) is 1. The van der Waals surface area contributed by atoms with Gasteiger partial charge in [-0.3, -0.25) is 9.79 Å². The molecule has 0 radical (unpaired) electrons. The third-order valence-electron chi connectivity index (χ3n) is 4.82. The van der Waals surface area contributed by atoms with Gasteiger partial charge in [0.1, 0.15) is 18.2 Å². The minimum atomic E-state index is -1.14. The molecule has 0 saturated carbocycles. The van der Waals surface area contributed by atoms with Crippen LogP contribution in [-0.2, 0) is 4.79 Å². The molecule has 1 fully saturated rings. The van der Waals surface area contributed by atoms with E-state index >= 15 is 0 Å². The molecule has 148 valence electrons. The summed E-state index contributed by atoms with van der Waals surface area (Å²) in [7, 11) is 2.06. The fourth-order valence-corrected chi connectivity index (χ4v) is 3.33. The van der Waals surface area contributed by atoms with Gasteiger partial charge in [0.2, 0.25) is 0 Å². The van der Waals surface area contributed by atoms with E-state index in [1.54, 1.807) is 12.1 Å². The summed E-state index contributed by atoms with van der Waals surface area (Å²) in [5.41, 5.74) is 1.23. The lowest BCUT2D eigenvalue weighted by molar-refractivity contribution is -0.135. The number of anilines is 1. The molecule has 0 amide bonds. The van der Waals surface area contributed by atoms with E-state index in [1.807, 2.05) is 0 Å². The predicted molar refractivity (Wildman–Crippen MR) is 105 cm³/mol. The molecule has 0 atom stereocenters. The number of piperidine rings is 1. The Morgan fingerprint density at radius 2 is 1.89 bits per heavy atom. The molecule has 3 rings (SSSR count). The lowest BCUT2D eigenvalue weighted by atomic mass is 9.98. The van der Waals surface area contributed by atoms with Crippen LogP contribution in [0, 0.1) is 11.6 Å². The van der Waals surface area contributed by atoms with Crippen LogP contribution < -0.4 is 5.32 Å². The van der Waals surface area contributed by atoms with Gasteiger partial charge in [0.25, 0.3) is 0 Å². The molecule has 28 heavy (non-hydrogen) atoms. The number of rotatable bonds is 6. The lowest BCUT2D eigenvalue weighted by Gasteiger charge is -2.31. The van der Waals surface area contributed by atoms with E-state index < -0.39 is 24.1 Å². The minimum absolute atomic E-state index is 0.121. The Morgan fingerprint density at radius 1 is 1.18 bits per heavy atom. The number of hydrogen-bond acceptors (Lipinski definition) is 4. The van der Waals surface area contributed by atoms with E-state index in [-0.39, 0.29) is 17.3 Å². The van der Waals surface area contributed by atoms with Gasteiger partial charge in [0, 0.05) is 22.9 Å². The number of nitrogens with zero attached hydrogens (tertiary/aromatic N) is 2. The van der Waals surface area contributed by atoms with Crippen LogP contribution >= 0.6 is 0 Å². The van der Waals surface area contributed by atoms with Crippen molar-refractivity contribution in [2.75, 3.05) is 32.0 Å². The second kappa shape index (κ2) is 8.93. The molecule has 7 heteroatoms. The molecule has 0 aromatic heterocycles. The Bertz CT molecular complexity index is 878. The Hall–Kier alpha value is -2.80. The molecule has 0 unspecified atom stereocenters. The number of hydrogen-bond donors (Lipinski definition) is 2. The first kappa shape index (κ1) is 19.9. The van der Waals surface area contributed by atoms with E-state index in [4.69, 9.17) is 5.11 Å². The van der Waals surface area contributed by atoms with Crippen LogP contribution in [0.3, 0.4) is 0 Å². The lowest BCUT2D eigenvalue weighted by Crippen LogP contribution is -2.37. The van der Waals surface area contributed by atoms with Crippen LogP contribution in [0.1, 0.15) is 24.0 Å². The van der Waals surface area contributed by atoms with Gasteiger partial charge in [-0.25, -0.2) is 8.78 Å². The molecule has 1 aliphatic rings. The molecule has 1 heterocycles. The highest BCUT2D eigenvalue weighted by molar-refractivity contribution is 6.16. The first-order valence-corrected chi connectivity index (χ1v) is 9.20. The summed E-state index contributed by atoms with van der Waals surface area (Å²) in [5, 5.41) is 12.5. The van der Waals surface area contributed by atoms with E-state index in [2.05, 4.69) is 22.3 Å². The molecule has 0 aliphatic carbocycles. The second-order valence-corrected chi connectivity index (χ2v) is 6.95. The Balaban J connectivity index is 2.01. The van der Waals surface area contributed by atoms with Crippen LogP contribution in [0.5, 0.6) is 0 Å². The number of benzene rings is 2. The molecule has 0 bridgehead atoms. The molecule has 0 spiro atoms. The zero-order valence-corrected chi connectivity index (χ0v) is 15.7. The molecule has 2 aromatic carbocycles. The normalized spacial score (nSPS) is 16.2.